The van der Waals surface area contributed by atoms with Gasteiger partial charge in [-0.15, -0.1) is 11.8 Å². The Bertz CT molecular complexity index is 706. The summed E-state index contributed by atoms with van der Waals surface area (Å²) in [5.74, 6) is 0. The lowest BCUT2D eigenvalue weighted by Crippen LogP contribution is -2.30. The Morgan fingerprint density at radius 3 is 2.45 bits per heavy atom. The molecule has 3 rings (SSSR count). The van der Waals surface area contributed by atoms with Crippen LogP contribution in [0.4, 0.5) is 0 Å². The van der Waals surface area contributed by atoms with E-state index in [-0.39, 0.29) is 5.60 Å². The first-order chi connectivity index (χ1) is 10.5. The van der Waals surface area contributed by atoms with Crippen LogP contribution in [-0.4, -0.2) is 12.7 Å². The van der Waals surface area contributed by atoms with Crippen molar-refractivity contribution in [2.75, 3.05) is 7.11 Å². The van der Waals surface area contributed by atoms with Crippen molar-refractivity contribution >= 4 is 11.8 Å². The lowest BCUT2D eigenvalue weighted by Gasteiger charge is -2.35. The third kappa shape index (κ3) is 2.62. The van der Waals surface area contributed by atoms with E-state index in [0.717, 1.165) is 12.0 Å². The van der Waals surface area contributed by atoms with E-state index in [4.69, 9.17) is 4.74 Å². The highest BCUT2D eigenvalue weighted by Gasteiger charge is 2.33. The van der Waals surface area contributed by atoms with Gasteiger partial charge in [0.15, 0.2) is 0 Å². The standard InChI is InChI=1S/C20H22OS/c1-14(2)20(3,21-4)13-19-17-11-6-5-9-15(17)16-10-7-8-12-18(16)22-19/h5-12,19H,1,13H2,2-4H3/t19?,20-/m1/s1. The molecule has 0 N–H and O–H groups in total. The van der Waals surface area contributed by atoms with Crippen molar-refractivity contribution in [3.05, 3.63) is 66.2 Å². The zero-order valence-corrected chi connectivity index (χ0v) is 14.2. The lowest BCUT2D eigenvalue weighted by atomic mass is 9.87. The first kappa shape index (κ1) is 15.4. The molecule has 2 atom stereocenters. The number of benzene rings is 2. The maximum absolute atomic E-state index is 5.79. The summed E-state index contributed by atoms with van der Waals surface area (Å²) in [5, 5.41) is 0.382. The van der Waals surface area contributed by atoms with Gasteiger partial charge >= 0.3 is 0 Å². The van der Waals surface area contributed by atoms with Crippen molar-refractivity contribution < 1.29 is 4.74 Å². The molecule has 2 aromatic rings. The van der Waals surface area contributed by atoms with Crippen molar-refractivity contribution in [3.63, 3.8) is 0 Å². The molecule has 0 saturated carbocycles. The molecule has 1 nitrogen and oxygen atoms in total. The van der Waals surface area contributed by atoms with Crippen LogP contribution in [-0.2, 0) is 4.74 Å². The van der Waals surface area contributed by atoms with Gasteiger partial charge < -0.3 is 4.74 Å². The number of thioether (sulfide) groups is 1. The highest BCUT2D eigenvalue weighted by atomic mass is 32.2. The molecule has 114 valence electrons. The number of ether oxygens (including phenoxy) is 1. The Morgan fingerprint density at radius 2 is 1.77 bits per heavy atom. The van der Waals surface area contributed by atoms with Crippen molar-refractivity contribution in [2.45, 2.75) is 36.0 Å². The van der Waals surface area contributed by atoms with Gasteiger partial charge in [0.1, 0.15) is 0 Å². The van der Waals surface area contributed by atoms with Gasteiger partial charge in [0.2, 0.25) is 0 Å². The van der Waals surface area contributed by atoms with Crippen LogP contribution in [0, 0.1) is 0 Å². The molecule has 0 aromatic heterocycles. The topological polar surface area (TPSA) is 9.23 Å². The van der Waals surface area contributed by atoms with Crippen LogP contribution in [0.25, 0.3) is 11.1 Å². The van der Waals surface area contributed by atoms with Gasteiger partial charge in [-0.05, 0) is 48.6 Å². The van der Waals surface area contributed by atoms with Gasteiger partial charge in [-0.1, -0.05) is 49.0 Å². The summed E-state index contributed by atoms with van der Waals surface area (Å²) in [5.41, 5.74) is 4.87. The Labute approximate surface area is 137 Å². The van der Waals surface area contributed by atoms with Crippen LogP contribution in [0.15, 0.2) is 65.6 Å². The highest BCUT2D eigenvalue weighted by Crippen LogP contribution is 2.52. The molecule has 0 saturated heterocycles. The monoisotopic (exact) mass is 310 g/mol. The van der Waals surface area contributed by atoms with Gasteiger partial charge in [-0.3, -0.25) is 0 Å². The number of hydrogen-bond acceptors (Lipinski definition) is 2. The van der Waals surface area contributed by atoms with Crippen molar-refractivity contribution in [3.8, 4) is 11.1 Å². The van der Waals surface area contributed by atoms with E-state index >= 15 is 0 Å². The average molecular weight is 310 g/mol. The first-order valence-corrected chi connectivity index (χ1v) is 8.49. The number of fused-ring (bicyclic) bond motifs is 3. The molecule has 2 heteroatoms. The summed E-state index contributed by atoms with van der Waals surface area (Å²) in [6.07, 6.45) is 0.925. The SMILES string of the molecule is C=C(C)[C@@](C)(CC1Sc2ccccc2-c2ccccc21)OC. The summed E-state index contributed by atoms with van der Waals surface area (Å²) in [6.45, 7) is 8.32. The molecule has 1 unspecified atom stereocenters. The molecule has 1 heterocycles. The Morgan fingerprint density at radius 1 is 1.14 bits per heavy atom. The number of methoxy groups -OCH3 is 1. The summed E-state index contributed by atoms with van der Waals surface area (Å²) in [6, 6.07) is 17.4. The fourth-order valence-corrected chi connectivity index (χ4v) is 4.47. The summed E-state index contributed by atoms with van der Waals surface area (Å²) >= 11 is 1.94. The van der Waals surface area contributed by atoms with Crippen molar-refractivity contribution in [1.29, 1.82) is 0 Å². The second-order valence-corrected chi connectivity index (χ2v) is 7.35. The molecular formula is C20H22OS. The third-order valence-corrected chi connectivity index (χ3v) is 6.00. The lowest BCUT2D eigenvalue weighted by molar-refractivity contribution is 0.0310. The highest BCUT2D eigenvalue weighted by molar-refractivity contribution is 7.99. The van der Waals surface area contributed by atoms with E-state index in [2.05, 4.69) is 69.0 Å². The number of hydrogen-bond donors (Lipinski definition) is 0. The zero-order valence-electron chi connectivity index (χ0n) is 13.4. The quantitative estimate of drug-likeness (QED) is 0.653. The minimum absolute atomic E-state index is 0.295. The first-order valence-electron chi connectivity index (χ1n) is 7.61. The van der Waals surface area contributed by atoms with Gasteiger partial charge in [-0.2, -0.15) is 0 Å². The molecule has 1 aliphatic heterocycles. The number of rotatable bonds is 4. The van der Waals surface area contributed by atoms with E-state index in [9.17, 15) is 0 Å². The van der Waals surface area contributed by atoms with Gasteiger partial charge in [0, 0.05) is 17.3 Å². The predicted octanol–water partition coefficient (Wildman–Crippen LogP) is 5.87. The van der Waals surface area contributed by atoms with Crippen LogP contribution in [0.1, 0.15) is 31.1 Å². The Hall–Kier alpha value is -1.51. The summed E-state index contributed by atoms with van der Waals surface area (Å²) in [7, 11) is 1.78. The van der Waals surface area contributed by atoms with E-state index in [1.807, 2.05) is 11.8 Å². The van der Waals surface area contributed by atoms with Crippen molar-refractivity contribution in [2.24, 2.45) is 0 Å². The van der Waals surface area contributed by atoms with Gasteiger partial charge in [-0.25, -0.2) is 0 Å². The van der Waals surface area contributed by atoms with E-state index < -0.39 is 0 Å². The fraction of sp³-hybridized carbons (Fsp3) is 0.300. The third-order valence-electron chi connectivity index (χ3n) is 4.68. The summed E-state index contributed by atoms with van der Waals surface area (Å²) < 4.78 is 5.79. The molecule has 0 amide bonds. The van der Waals surface area contributed by atoms with E-state index in [1.165, 1.54) is 21.6 Å². The predicted molar refractivity (Wildman–Crippen MR) is 95.3 cm³/mol. The molecule has 2 aromatic carbocycles. The average Bonchev–Trinajstić information content (AvgIpc) is 2.54. The molecule has 1 aliphatic rings. The molecule has 0 fully saturated rings. The maximum atomic E-state index is 5.79. The van der Waals surface area contributed by atoms with Crippen LogP contribution in [0.5, 0.6) is 0 Å². The molecule has 22 heavy (non-hydrogen) atoms. The second-order valence-electron chi connectivity index (χ2n) is 6.11. The maximum Gasteiger partial charge on any atom is 0.0868 e. The van der Waals surface area contributed by atoms with Crippen LogP contribution in [0.2, 0.25) is 0 Å². The van der Waals surface area contributed by atoms with Crippen LogP contribution >= 0.6 is 11.8 Å². The van der Waals surface area contributed by atoms with Gasteiger partial charge in [0.05, 0.1) is 5.60 Å². The minimum atomic E-state index is -0.295. The van der Waals surface area contributed by atoms with E-state index in [0.29, 0.717) is 5.25 Å². The van der Waals surface area contributed by atoms with Gasteiger partial charge in [0.25, 0.3) is 0 Å². The second kappa shape index (κ2) is 5.94. The normalized spacial score (nSPS) is 19.0. The zero-order chi connectivity index (χ0) is 15.7. The van der Waals surface area contributed by atoms with Crippen LogP contribution in [0.3, 0.4) is 0 Å². The Kier molecular flexibility index (Phi) is 4.16. The smallest absolute Gasteiger partial charge is 0.0868 e. The molecule has 0 radical (unpaired) electrons. The molecule has 0 aliphatic carbocycles. The molecule has 0 bridgehead atoms. The van der Waals surface area contributed by atoms with E-state index in [1.54, 1.807) is 7.11 Å². The summed E-state index contributed by atoms with van der Waals surface area (Å²) in [4.78, 5) is 1.35. The molecular weight excluding hydrogens is 288 g/mol. The molecule has 0 spiro atoms. The fourth-order valence-electron chi connectivity index (χ4n) is 2.97. The van der Waals surface area contributed by atoms with Crippen molar-refractivity contribution in [1.82, 2.24) is 0 Å². The Balaban J connectivity index is 2.04. The van der Waals surface area contributed by atoms with Crippen LogP contribution < -0.4 is 0 Å². The minimum Gasteiger partial charge on any atom is -0.374 e. The largest absolute Gasteiger partial charge is 0.374 e.